The van der Waals surface area contributed by atoms with E-state index in [2.05, 4.69) is 9.97 Å². The van der Waals surface area contributed by atoms with Crippen LogP contribution in [-0.4, -0.2) is 22.5 Å². The first kappa shape index (κ1) is 11.5. The number of H-pyrrole nitrogens is 1. The van der Waals surface area contributed by atoms with Crippen molar-refractivity contribution >= 4 is 11.5 Å². The van der Waals surface area contributed by atoms with Crippen LogP contribution in [0.15, 0.2) is 0 Å². The monoisotopic (exact) mass is 208 g/mol. The van der Waals surface area contributed by atoms with Crippen molar-refractivity contribution in [3.63, 3.8) is 0 Å². The fourth-order valence-electron chi connectivity index (χ4n) is 1.33. The minimum Gasteiger partial charge on any atom is -0.478 e. The molecular weight excluding hydrogens is 192 g/mol. The number of carbonyl (C=O) groups excluding carboxylic acids is 1. The molecule has 0 bridgehead atoms. The van der Waals surface area contributed by atoms with Crippen LogP contribution in [0.4, 0.5) is 0 Å². The molecule has 1 aromatic rings. The van der Waals surface area contributed by atoms with Gasteiger partial charge in [0.2, 0.25) is 5.88 Å². The summed E-state index contributed by atoms with van der Waals surface area (Å²) in [5.41, 5.74) is 1.41. The third-order valence-electron chi connectivity index (χ3n) is 2.13. The van der Waals surface area contributed by atoms with Crippen LogP contribution in [0.1, 0.15) is 38.7 Å². The molecule has 0 aliphatic rings. The summed E-state index contributed by atoms with van der Waals surface area (Å²) in [6, 6.07) is 0. The van der Waals surface area contributed by atoms with Crippen LogP contribution in [0, 0.1) is 0 Å². The van der Waals surface area contributed by atoms with Gasteiger partial charge >= 0.3 is 0 Å². The lowest BCUT2D eigenvalue weighted by molar-refractivity contribution is 0.325. The zero-order valence-electron chi connectivity index (χ0n) is 9.39. The highest BCUT2D eigenvalue weighted by Gasteiger charge is 2.12. The maximum absolute atomic E-state index is 10.6. The molecule has 0 saturated heterocycles. The molecule has 0 radical (unpaired) electrons. The summed E-state index contributed by atoms with van der Waals surface area (Å²) in [6.45, 7) is 6.39. The molecule has 1 aromatic heterocycles. The Labute approximate surface area is 89.4 Å². The van der Waals surface area contributed by atoms with Crippen LogP contribution < -0.4 is 4.74 Å². The minimum atomic E-state index is 0.552. The van der Waals surface area contributed by atoms with Crippen molar-refractivity contribution < 1.29 is 9.53 Å². The maximum Gasteiger partial charge on any atom is 0.214 e. The summed E-state index contributed by atoms with van der Waals surface area (Å²) in [4.78, 5) is 18.0. The molecular formula is C11H16N2O2. The van der Waals surface area contributed by atoms with Gasteiger partial charge in [-0.25, -0.2) is 9.78 Å². The Morgan fingerprint density at radius 3 is 2.67 bits per heavy atom. The summed E-state index contributed by atoms with van der Waals surface area (Å²) in [7, 11) is 0. The van der Waals surface area contributed by atoms with Crippen LogP contribution in [0.25, 0.3) is 5.57 Å². The van der Waals surface area contributed by atoms with Crippen LogP contribution in [0.2, 0.25) is 0 Å². The second-order valence-corrected chi connectivity index (χ2v) is 3.08. The Hall–Kier alpha value is -1.54. The number of allylic oxidation sites excluding steroid dienone is 1. The van der Waals surface area contributed by atoms with E-state index in [0.29, 0.717) is 30.3 Å². The number of ether oxygens (including phenoxy) is 1. The number of aromatic amines is 1. The molecule has 1 N–H and O–H groups in total. The highest BCUT2D eigenvalue weighted by Crippen LogP contribution is 2.20. The molecule has 0 spiro atoms. The lowest BCUT2D eigenvalue weighted by atomic mass is 10.2. The van der Waals surface area contributed by atoms with E-state index in [-0.39, 0.29) is 0 Å². The maximum atomic E-state index is 10.6. The number of aryl methyl sites for hydroxylation is 1. The smallest absolute Gasteiger partial charge is 0.214 e. The average Bonchev–Trinajstić information content (AvgIpc) is 2.64. The quantitative estimate of drug-likeness (QED) is 0.753. The predicted octanol–water partition coefficient (Wildman–Crippen LogP) is 2.00. The third kappa shape index (κ3) is 2.48. The Morgan fingerprint density at radius 1 is 1.47 bits per heavy atom. The number of rotatable bonds is 5. The highest BCUT2D eigenvalue weighted by molar-refractivity contribution is 5.84. The molecule has 0 unspecified atom stereocenters. The van der Waals surface area contributed by atoms with E-state index in [9.17, 15) is 4.79 Å². The average molecular weight is 208 g/mol. The van der Waals surface area contributed by atoms with Gasteiger partial charge in [0.05, 0.1) is 12.2 Å². The Balaban J connectivity index is 3.06. The summed E-state index contributed by atoms with van der Waals surface area (Å²) in [6.07, 6.45) is 1.40. The normalized spacial score (nSPS) is 9.80. The van der Waals surface area contributed by atoms with E-state index in [1.54, 1.807) is 0 Å². The van der Waals surface area contributed by atoms with E-state index in [1.807, 2.05) is 26.7 Å². The van der Waals surface area contributed by atoms with E-state index in [1.165, 1.54) is 0 Å². The molecule has 82 valence electrons. The predicted molar refractivity (Wildman–Crippen MR) is 58.5 cm³/mol. The molecule has 15 heavy (non-hydrogen) atoms. The third-order valence-corrected chi connectivity index (χ3v) is 2.13. The Bertz CT molecular complexity index is 376. The molecule has 1 heterocycles. The van der Waals surface area contributed by atoms with Gasteiger partial charge in [0.15, 0.2) is 0 Å². The van der Waals surface area contributed by atoms with Gasteiger partial charge in [-0.3, -0.25) is 0 Å². The molecule has 0 amide bonds. The fraction of sp³-hybridized carbons (Fsp3) is 0.545. The van der Waals surface area contributed by atoms with Gasteiger partial charge in [0.25, 0.3) is 0 Å². The first-order valence-electron chi connectivity index (χ1n) is 5.22. The topological polar surface area (TPSA) is 55.0 Å². The summed E-state index contributed by atoms with van der Waals surface area (Å²) in [5, 5.41) is 0. The van der Waals surface area contributed by atoms with Gasteiger partial charge in [0.1, 0.15) is 17.5 Å². The molecule has 0 aromatic carbocycles. The number of nitrogens with one attached hydrogen (secondary N) is 1. The number of aromatic nitrogens is 2. The SMILES string of the molecule is CCOc1[nH]c(C(=C=O)CC)nc1CC. The largest absolute Gasteiger partial charge is 0.478 e. The first-order chi connectivity index (χ1) is 7.26. The second-order valence-electron chi connectivity index (χ2n) is 3.08. The number of hydrogen-bond acceptors (Lipinski definition) is 3. The molecule has 0 atom stereocenters. The summed E-state index contributed by atoms with van der Waals surface area (Å²) >= 11 is 0. The molecule has 4 nitrogen and oxygen atoms in total. The molecule has 1 rings (SSSR count). The molecule has 0 fully saturated rings. The van der Waals surface area contributed by atoms with E-state index >= 15 is 0 Å². The van der Waals surface area contributed by atoms with E-state index < -0.39 is 0 Å². The van der Waals surface area contributed by atoms with Crippen molar-refractivity contribution in [1.29, 1.82) is 0 Å². The second kappa shape index (κ2) is 5.37. The Morgan fingerprint density at radius 2 is 2.20 bits per heavy atom. The molecule has 0 aliphatic heterocycles. The van der Waals surface area contributed by atoms with Gasteiger partial charge in [0, 0.05) is 0 Å². The molecule has 4 heteroatoms. The molecule has 0 saturated carbocycles. The lowest BCUT2D eigenvalue weighted by Gasteiger charge is -1.99. The van der Waals surface area contributed by atoms with Crippen molar-refractivity contribution in [2.45, 2.75) is 33.6 Å². The van der Waals surface area contributed by atoms with E-state index in [4.69, 9.17) is 4.74 Å². The van der Waals surface area contributed by atoms with Crippen LogP contribution >= 0.6 is 0 Å². The van der Waals surface area contributed by atoms with Crippen molar-refractivity contribution in [2.24, 2.45) is 0 Å². The van der Waals surface area contributed by atoms with Gasteiger partial charge in [-0.2, -0.15) is 0 Å². The van der Waals surface area contributed by atoms with Crippen LogP contribution in [-0.2, 0) is 11.2 Å². The van der Waals surface area contributed by atoms with Gasteiger partial charge in [-0.05, 0) is 19.8 Å². The van der Waals surface area contributed by atoms with Crippen molar-refractivity contribution in [3.05, 3.63) is 11.5 Å². The number of imidazole rings is 1. The van der Waals surface area contributed by atoms with Crippen molar-refractivity contribution in [1.82, 2.24) is 9.97 Å². The first-order valence-corrected chi connectivity index (χ1v) is 5.22. The fourth-order valence-corrected chi connectivity index (χ4v) is 1.33. The standard InChI is InChI=1S/C11H16N2O2/c1-4-8(7-14)10-12-9(5-2)11(13-10)15-6-3/h4-6H2,1-3H3,(H,12,13). The lowest BCUT2D eigenvalue weighted by Crippen LogP contribution is -1.94. The van der Waals surface area contributed by atoms with Crippen molar-refractivity contribution in [2.75, 3.05) is 6.61 Å². The Kier molecular flexibility index (Phi) is 4.13. The number of nitrogens with zero attached hydrogens (tertiary/aromatic N) is 1. The minimum absolute atomic E-state index is 0.552. The molecule has 0 aliphatic carbocycles. The van der Waals surface area contributed by atoms with Gasteiger partial charge < -0.3 is 9.72 Å². The van der Waals surface area contributed by atoms with Crippen LogP contribution in [0.3, 0.4) is 0 Å². The van der Waals surface area contributed by atoms with Crippen LogP contribution in [0.5, 0.6) is 5.88 Å². The zero-order chi connectivity index (χ0) is 11.3. The van der Waals surface area contributed by atoms with Gasteiger partial charge in [-0.1, -0.05) is 13.8 Å². The summed E-state index contributed by atoms with van der Waals surface area (Å²) < 4.78 is 5.39. The zero-order valence-corrected chi connectivity index (χ0v) is 9.39. The highest BCUT2D eigenvalue weighted by atomic mass is 16.5. The number of hydrogen-bond donors (Lipinski definition) is 1. The van der Waals surface area contributed by atoms with E-state index in [0.717, 1.165) is 12.1 Å². The summed E-state index contributed by atoms with van der Waals surface area (Å²) in [5.74, 6) is 3.13. The van der Waals surface area contributed by atoms with Gasteiger partial charge in [-0.15, -0.1) is 0 Å². The van der Waals surface area contributed by atoms with Crippen molar-refractivity contribution in [3.8, 4) is 5.88 Å².